The van der Waals surface area contributed by atoms with Gasteiger partial charge in [0.05, 0.1) is 0 Å². The molecule has 0 amide bonds. The molecule has 0 aromatic heterocycles. The van der Waals surface area contributed by atoms with Crippen LogP contribution in [-0.2, 0) is 66.7 Å². The number of rotatable bonds is 11. The molecule has 1 saturated heterocycles. The molecule has 0 aromatic carbocycles. The van der Waals surface area contributed by atoms with Crippen LogP contribution in [0.25, 0.3) is 0 Å². The van der Waals surface area contributed by atoms with Gasteiger partial charge in [-0.15, -0.1) is 0 Å². The lowest BCUT2D eigenvalue weighted by Crippen LogP contribution is -2.63. The topological polar surface area (TPSA) is 176 Å². The number of carbonyl (C=O) groups is 6. The third-order valence-electron chi connectivity index (χ3n) is 4.22. The second kappa shape index (κ2) is 14.2. The van der Waals surface area contributed by atoms with Gasteiger partial charge in [0.15, 0.2) is 24.6 Å². The van der Waals surface area contributed by atoms with E-state index < -0.39 is 79.2 Å². The number of hydrogen-bond acceptors (Lipinski definition) is 14. The summed E-state index contributed by atoms with van der Waals surface area (Å²) < 4.78 is 42.2. The van der Waals surface area contributed by atoms with Crippen molar-refractivity contribution in [3.8, 4) is 0 Å². The first-order valence-electron chi connectivity index (χ1n) is 10.5. The van der Waals surface area contributed by atoms with Crippen LogP contribution in [0.2, 0.25) is 0 Å². The van der Waals surface area contributed by atoms with Gasteiger partial charge in [0.2, 0.25) is 0 Å². The predicted octanol–water partition coefficient (Wildman–Crippen LogP) is -0.419. The van der Waals surface area contributed by atoms with Crippen molar-refractivity contribution < 1.29 is 66.7 Å². The quantitative estimate of drug-likeness (QED) is 0.261. The monoisotopic (exact) mass is 506 g/mol. The lowest BCUT2D eigenvalue weighted by atomic mass is 9.98. The molecule has 0 aliphatic carbocycles. The first-order valence-corrected chi connectivity index (χ1v) is 10.5. The Morgan fingerprint density at radius 2 is 1.03 bits per heavy atom. The van der Waals surface area contributed by atoms with E-state index in [1.165, 1.54) is 0 Å². The maximum absolute atomic E-state index is 11.8. The summed E-state index contributed by atoms with van der Waals surface area (Å²) >= 11 is 0. The van der Waals surface area contributed by atoms with Gasteiger partial charge in [-0.05, 0) is 0 Å². The molecule has 198 valence electrons. The molecule has 1 fully saturated rings. The highest BCUT2D eigenvalue weighted by Crippen LogP contribution is 2.30. The molecule has 5 atom stereocenters. The molecule has 1 rings (SSSR count). The Balaban J connectivity index is 3.37. The molecule has 14 heteroatoms. The molecular weight excluding hydrogens is 476 g/mol. The fourth-order valence-corrected chi connectivity index (χ4v) is 3.04. The van der Waals surface area contributed by atoms with Crippen LogP contribution < -0.4 is 0 Å². The molecule has 1 aliphatic heterocycles. The van der Waals surface area contributed by atoms with Crippen molar-refractivity contribution in [2.24, 2.45) is 0 Å². The molecule has 0 N–H and O–H groups in total. The number of carbonyl (C=O) groups excluding carboxylic acids is 6. The van der Waals surface area contributed by atoms with Gasteiger partial charge in [-0.1, -0.05) is 0 Å². The van der Waals surface area contributed by atoms with Crippen LogP contribution in [0.5, 0.6) is 0 Å². The smallest absolute Gasteiger partial charge is 0.303 e. The average molecular weight is 506 g/mol. The number of ether oxygens (including phenoxy) is 8. The van der Waals surface area contributed by atoms with Crippen molar-refractivity contribution in [1.82, 2.24) is 0 Å². The minimum Gasteiger partial charge on any atom is -0.463 e. The van der Waals surface area contributed by atoms with E-state index in [9.17, 15) is 28.8 Å². The second-order valence-electron chi connectivity index (χ2n) is 7.43. The third kappa shape index (κ3) is 11.1. The predicted molar refractivity (Wildman–Crippen MR) is 110 cm³/mol. The summed E-state index contributed by atoms with van der Waals surface area (Å²) in [6.45, 7) is 5.47. The highest BCUT2D eigenvalue weighted by atomic mass is 16.7. The van der Waals surface area contributed by atoms with E-state index in [4.69, 9.17) is 37.9 Å². The van der Waals surface area contributed by atoms with Gasteiger partial charge < -0.3 is 37.9 Å². The van der Waals surface area contributed by atoms with Crippen LogP contribution in [-0.4, -0.2) is 92.4 Å². The lowest BCUT2D eigenvalue weighted by Gasteiger charge is -2.44. The molecule has 1 aliphatic rings. The van der Waals surface area contributed by atoms with Gasteiger partial charge >= 0.3 is 35.8 Å². The standard InChI is InChI=1S/C21H30O14/c1-10(22)28-7-16(8-29-11(2)23)34-21-20(33-15(6)27)19(32-14(5)26)18(31-13(4)25)17(35-21)9-30-12(3)24/h16-21H,7-9H2,1-6H3/t17-,18-,19+,20-,21-/m1/s1. The maximum atomic E-state index is 11.8. The Bertz CT molecular complexity index is 773. The third-order valence-corrected chi connectivity index (χ3v) is 4.22. The Morgan fingerprint density at radius 1 is 0.600 bits per heavy atom. The Morgan fingerprint density at radius 3 is 1.46 bits per heavy atom. The molecule has 0 saturated carbocycles. The van der Waals surface area contributed by atoms with E-state index >= 15 is 0 Å². The Hall–Kier alpha value is -3.26. The molecule has 14 nitrogen and oxygen atoms in total. The van der Waals surface area contributed by atoms with Gasteiger partial charge in [0, 0.05) is 41.5 Å². The summed E-state index contributed by atoms with van der Waals surface area (Å²) in [4.78, 5) is 69.3. The second-order valence-corrected chi connectivity index (χ2v) is 7.43. The summed E-state index contributed by atoms with van der Waals surface area (Å²) in [7, 11) is 0. The van der Waals surface area contributed by atoms with E-state index in [1.54, 1.807) is 0 Å². The highest BCUT2D eigenvalue weighted by Gasteiger charge is 2.53. The fourth-order valence-electron chi connectivity index (χ4n) is 3.04. The number of esters is 6. The summed E-state index contributed by atoms with van der Waals surface area (Å²) in [5, 5.41) is 0. The minimum absolute atomic E-state index is 0.379. The zero-order valence-corrected chi connectivity index (χ0v) is 20.3. The molecule has 0 spiro atoms. The van der Waals surface area contributed by atoms with Crippen LogP contribution in [0.3, 0.4) is 0 Å². The van der Waals surface area contributed by atoms with Crippen LogP contribution in [0.4, 0.5) is 0 Å². The summed E-state index contributed by atoms with van der Waals surface area (Å²) in [6.07, 6.45) is -8.14. The van der Waals surface area contributed by atoms with Crippen molar-refractivity contribution >= 4 is 35.8 Å². The summed E-state index contributed by atoms with van der Waals surface area (Å²) in [6, 6.07) is 0. The van der Waals surface area contributed by atoms with Gasteiger partial charge in [-0.2, -0.15) is 0 Å². The van der Waals surface area contributed by atoms with Crippen LogP contribution >= 0.6 is 0 Å². The molecule has 0 radical (unpaired) electrons. The van der Waals surface area contributed by atoms with Crippen LogP contribution in [0.1, 0.15) is 41.5 Å². The fraction of sp³-hybridized carbons (Fsp3) is 0.714. The Labute approximate surface area is 201 Å². The first-order chi connectivity index (χ1) is 16.3. The highest BCUT2D eigenvalue weighted by molar-refractivity contribution is 5.69. The molecule has 1 heterocycles. The SMILES string of the molecule is CC(=O)OCC(COC(C)=O)O[C@@H]1O[C@H](COC(C)=O)[C@@H](OC(C)=O)[C@H](OC(C)=O)[C@H]1OC(C)=O. The van der Waals surface area contributed by atoms with Crippen molar-refractivity contribution in [2.75, 3.05) is 19.8 Å². The van der Waals surface area contributed by atoms with Crippen molar-refractivity contribution in [3.05, 3.63) is 0 Å². The van der Waals surface area contributed by atoms with Crippen LogP contribution in [0.15, 0.2) is 0 Å². The van der Waals surface area contributed by atoms with Crippen molar-refractivity contribution in [3.63, 3.8) is 0 Å². The van der Waals surface area contributed by atoms with E-state index in [0.29, 0.717) is 0 Å². The first kappa shape index (κ1) is 29.8. The van der Waals surface area contributed by atoms with Crippen molar-refractivity contribution in [1.29, 1.82) is 0 Å². The molecule has 35 heavy (non-hydrogen) atoms. The molecular formula is C21H30O14. The van der Waals surface area contributed by atoms with E-state index in [1.807, 2.05) is 0 Å². The van der Waals surface area contributed by atoms with Gasteiger partial charge in [0.25, 0.3) is 0 Å². The number of hydrogen-bond donors (Lipinski definition) is 0. The van der Waals surface area contributed by atoms with E-state index in [0.717, 1.165) is 41.5 Å². The molecule has 0 aromatic rings. The summed E-state index contributed by atoms with van der Waals surface area (Å²) in [5.41, 5.74) is 0. The Kier molecular flexibility index (Phi) is 12.1. The van der Waals surface area contributed by atoms with Crippen LogP contribution in [0, 0.1) is 0 Å². The molecule has 0 bridgehead atoms. The normalized spacial score (nSPS) is 23.6. The van der Waals surface area contributed by atoms with Gasteiger partial charge in [-0.25, -0.2) is 0 Å². The van der Waals surface area contributed by atoms with E-state index in [-0.39, 0.29) is 13.2 Å². The summed E-state index contributed by atoms with van der Waals surface area (Å²) in [5.74, 6) is -4.40. The largest absolute Gasteiger partial charge is 0.463 e. The lowest BCUT2D eigenvalue weighted by molar-refractivity contribution is -0.320. The zero-order valence-electron chi connectivity index (χ0n) is 20.3. The van der Waals surface area contributed by atoms with Crippen molar-refractivity contribution in [2.45, 2.75) is 78.4 Å². The van der Waals surface area contributed by atoms with Gasteiger partial charge in [0.1, 0.15) is 32.0 Å². The minimum atomic E-state index is -1.52. The zero-order chi connectivity index (χ0) is 26.7. The van der Waals surface area contributed by atoms with E-state index in [2.05, 4.69) is 0 Å². The average Bonchev–Trinajstić information content (AvgIpc) is 2.71. The van der Waals surface area contributed by atoms with Gasteiger partial charge in [-0.3, -0.25) is 28.8 Å². The molecule has 0 unspecified atom stereocenters. The maximum Gasteiger partial charge on any atom is 0.303 e.